The molecule has 31 heavy (non-hydrogen) atoms. The first-order valence-electron chi connectivity index (χ1n) is 9.91. The Morgan fingerprint density at radius 1 is 0.935 bits per heavy atom. The van der Waals surface area contributed by atoms with Crippen LogP contribution in [0.1, 0.15) is 16.1 Å². The van der Waals surface area contributed by atoms with E-state index in [1.54, 1.807) is 53.4 Å². The van der Waals surface area contributed by atoms with Crippen molar-refractivity contribution in [2.45, 2.75) is 0 Å². The van der Waals surface area contributed by atoms with Gasteiger partial charge in [0.2, 0.25) is 0 Å². The van der Waals surface area contributed by atoms with Crippen LogP contribution in [0.3, 0.4) is 0 Å². The Bertz CT molecular complexity index is 1080. The summed E-state index contributed by atoms with van der Waals surface area (Å²) in [6.45, 7) is 1.86. The highest BCUT2D eigenvalue weighted by Gasteiger charge is 2.23. The summed E-state index contributed by atoms with van der Waals surface area (Å²) in [4.78, 5) is 27.5. The molecule has 0 atom stereocenters. The molecule has 0 bridgehead atoms. The van der Waals surface area contributed by atoms with Crippen LogP contribution in [0.2, 0.25) is 5.02 Å². The molecule has 4 rings (SSSR count). The Balaban J connectivity index is 1.61. The van der Waals surface area contributed by atoms with Crippen LogP contribution >= 0.6 is 11.6 Å². The number of nitrogens with zero attached hydrogens (tertiary/aromatic N) is 1. The van der Waals surface area contributed by atoms with E-state index in [0.717, 1.165) is 5.56 Å². The van der Waals surface area contributed by atoms with E-state index in [4.69, 9.17) is 20.8 Å². The molecule has 2 heterocycles. The largest absolute Gasteiger partial charge is 0.457 e. The molecule has 0 saturated carbocycles. The van der Waals surface area contributed by atoms with Crippen LogP contribution in [-0.4, -0.2) is 43.0 Å². The molecular weight excluding hydrogens is 416 g/mol. The number of nitrogens with one attached hydrogen (secondary N) is 1. The summed E-state index contributed by atoms with van der Waals surface area (Å²) in [5.41, 5.74) is 1.47. The maximum atomic E-state index is 13.1. The van der Waals surface area contributed by atoms with Crippen molar-refractivity contribution in [3.63, 3.8) is 0 Å². The van der Waals surface area contributed by atoms with Gasteiger partial charge in [-0.15, -0.1) is 0 Å². The van der Waals surface area contributed by atoms with E-state index < -0.39 is 0 Å². The second kappa shape index (κ2) is 9.64. The summed E-state index contributed by atoms with van der Waals surface area (Å²) in [5, 5.41) is 3.38. The number of halogens is 1. The molecule has 1 N–H and O–H groups in total. The zero-order valence-corrected chi connectivity index (χ0v) is 17.5. The van der Waals surface area contributed by atoms with Gasteiger partial charge in [-0.25, -0.2) is 0 Å². The number of furan rings is 1. The van der Waals surface area contributed by atoms with E-state index in [-0.39, 0.29) is 17.5 Å². The molecule has 6 nitrogen and oxygen atoms in total. The number of carbonyl (C=O) groups is 2. The fourth-order valence-corrected chi connectivity index (χ4v) is 3.34. The first-order chi connectivity index (χ1) is 15.1. The minimum atomic E-state index is -0.363. The zero-order valence-electron chi connectivity index (χ0n) is 16.7. The smallest absolute Gasteiger partial charge is 0.270 e. The molecule has 0 aliphatic carbocycles. The van der Waals surface area contributed by atoms with Gasteiger partial charge in [-0.1, -0.05) is 29.8 Å². The minimum absolute atomic E-state index is 0.146. The van der Waals surface area contributed by atoms with Crippen molar-refractivity contribution >= 4 is 29.5 Å². The Morgan fingerprint density at radius 2 is 1.65 bits per heavy atom. The molecule has 1 aliphatic rings. The molecule has 1 fully saturated rings. The van der Waals surface area contributed by atoms with Crippen LogP contribution in [0.5, 0.6) is 0 Å². The normalized spacial score (nSPS) is 14.4. The van der Waals surface area contributed by atoms with Crippen LogP contribution in [0.25, 0.3) is 17.4 Å². The van der Waals surface area contributed by atoms with E-state index in [2.05, 4.69) is 5.32 Å². The molecule has 0 spiro atoms. The molecule has 3 aromatic rings. The number of morpholine rings is 1. The van der Waals surface area contributed by atoms with Gasteiger partial charge in [0.25, 0.3) is 11.8 Å². The molecule has 0 radical (unpaired) electrons. The van der Waals surface area contributed by atoms with E-state index in [1.807, 2.05) is 24.3 Å². The van der Waals surface area contributed by atoms with Gasteiger partial charge < -0.3 is 19.4 Å². The van der Waals surface area contributed by atoms with Crippen molar-refractivity contribution < 1.29 is 18.7 Å². The Kier molecular flexibility index (Phi) is 6.50. The third kappa shape index (κ3) is 5.23. The number of amides is 2. The molecule has 1 aromatic heterocycles. The Labute approximate surface area is 185 Å². The Hall–Kier alpha value is -3.35. The predicted molar refractivity (Wildman–Crippen MR) is 118 cm³/mol. The predicted octanol–water partition coefficient (Wildman–Crippen LogP) is 4.23. The lowest BCUT2D eigenvalue weighted by Gasteiger charge is -2.27. The summed E-state index contributed by atoms with van der Waals surface area (Å²) < 4.78 is 11.2. The average Bonchev–Trinajstić information content (AvgIpc) is 3.28. The number of benzene rings is 2. The van der Waals surface area contributed by atoms with Crippen LogP contribution in [0.4, 0.5) is 0 Å². The topological polar surface area (TPSA) is 71.8 Å². The van der Waals surface area contributed by atoms with Crippen molar-refractivity contribution in [1.29, 1.82) is 0 Å². The number of carbonyl (C=O) groups excluding carboxylic acids is 2. The minimum Gasteiger partial charge on any atom is -0.457 e. The van der Waals surface area contributed by atoms with Gasteiger partial charge in [-0.05, 0) is 48.5 Å². The number of ether oxygens (including phenoxy) is 1. The van der Waals surface area contributed by atoms with Gasteiger partial charge >= 0.3 is 0 Å². The first-order valence-corrected chi connectivity index (χ1v) is 10.3. The summed E-state index contributed by atoms with van der Waals surface area (Å²) in [5.74, 6) is 0.445. The van der Waals surface area contributed by atoms with Gasteiger partial charge in [0.15, 0.2) is 0 Å². The van der Waals surface area contributed by atoms with E-state index in [9.17, 15) is 9.59 Å². The summed E-state index contributed by atoms with van der Waals surface area (Å²) in [6.07, 6.45) is 1.55. The van der Waals surface area contributed by atoms with Crippen molar-refractivity contribution in [3.05, 3.63) is 88.8 Å². The summed E-state index contributed by atoms with van der Waals surface area (Å²) in [7, 11) is 0. The Morgan fingerprint density at radius 3 is 2.35 bits per heavy atom. The van der Waals surface area contributed by atoms with E-state index >= 15 is 0 Å². The molecule has 2 amide bonds. The molecule has 1 saturated heterocycles. The maximum Gasteiger partial charge on any atom is 0.270 e. The monoisotopic (exact) mass is 436 g/mol. The molecule has 2 aromatic carbocycles. The second-order valence-electron chi connectivity index (χ2n) is 6.99. The van der Waals surface area contributed by atoms with E-state index in [1.165, 1.54) is 0 Å². The van der Waals surface area contributed by atoms with Crippen LogP contribution < -0.4 is 5.32 Å². The molecule has 1 aliphatic heterocycles. The third-order valence-electron chi connectivity index (χ3n) is 4.86. The van der Waals surface area contributed by atoms with E-state index in [0.29, 0.717) is 48.4 Å². The van der Waals surface area contributed by atoms with Crippen molar-refractivity contribution in [2.24, 2.45) is 0 Å². The van der Waals surface area contributed by atoms with Crippen molar-refractivity contribution in [2.75, 3.05) is 26.3 Å². The van der Waals surface area contributed by atoms with Crippen LogP contribution in [0.15, 0.2) is 76.8 Å². The lowest BCUT2D eigenvalue weighted by Crippen LogP contribution is -2.44. The van der Waals surface area contributed by atoms with Gasteiger partial charge in [0.05, 0.1) is 13.2 Å². The average molecular weight is 437 g/mol. The molecule has 158 valence electrons. The second-order valence-corrected chi connectivity index (χ2v) is 7.43. The molecule has 7 heteroatoms. The number of rotatable bonds is 5. The summed E-state index contributed by atoms with van der Waals surface area (Å²) >= 11 is 5.95. The van der Waals surface area contributed by atoms with Gasteiger partial charge in [0.1, 0.15) is 17.2 Å². The zero-order chi connectivity index (χ0) is 21.6. The van der Waals surface area contributed by atoms with Crippen LogP contribution in [0, 0.1) is 0 Å². The quantitative estimate of drug-likeness (QED) is 0.607. The lowest BCUT2D eigenvalue weighted by atomic mass is 10.2. The lowest BCUT2D eigenvalue weighted by molar-refractivity contribution is -0.131. The molecule has 0 unspecified atom stereocenters. The van der Waals surface area contributed by atoms with Gasteiger partial charge in [-0.3, -0.25) is 9.59 Å². The highest BCUT2D eigenvalue weighted by Crippen LogP contribution is 2.25. The van der Waals surface area contributed by atoms with Crippen molar-refractivity contribution in [1.82, 2.24) is 10.2 Å². The maximum absolute atomic E-state index is 13.1. The highest BCUT2D eigenvalue weighted by atomic mass is 35.5. The SMILES string of the molecule is O=C(N/C(=C\c1ccc(-c2ccc(Cl)cc2)o1)C(=O)N1CCOCC1)c1ccccc1. The molecular formula is C24H21ClN2O4. The fourth-order valence-electron chi connectivity index (χ4n) is 3.21. The highest BCUT2D eigenvalue weighted by molar-refractivity contribution is 6.30. The number of hydrogen-bond acceptors (Lipinski definition) is 4. The van der Waals surface area contributed by atoms with Gasteiger partial charge in [0, 0.05) is 35.3 Å². The fraction of sp³-hybridized carbons (Fsp3) is 0.167. The standard InChI is InChI=1S/C24H21ClN2O4/c25-19-8-6-17(7-9-19)22-11-10-20(31-22)16-21(24(29)27-12-14-30-15-13-27)26-23(28)18-4-2-1-3-5-18/h1-11,16H,12-15H2,(H,26,28)/b21-16-. The summed E-state index contributed by atoms with van der Waals surface area (Å²) in [6, 6.07) is 19.6. The number of hydrogen-bond donors (Lipinski definition) is 1. The van der Waals surface area contributed by atoms with Crippen LogP contribution in [-0.2, 0) is 9.53 Å². The third-order valence-corrected chi connectivity index (χ3v) is 5.11. The van der Waals surface area contributed by atoms with Gasteiger partial charge in [-0.2, -0.15) is 0 Å². The van der Waals surface area contributed by atoms with Crippen molar-refractivity contribution in [3.8, 4) is 11.3 Å². The first kappa shape index (κ1) is 20.9.